The molecule has 4 nitrogen and oxygen atoms in total. The fourth-order valence-corrected chi connectivity index (χ4v) is 3.19. The quantitative estimate of drug-likeness (QED) is 0.928. The molecule has 1 heterocycles. The standard InChI is InChI=1S/C15H20ClFN2O2/c1-3-18-7-8-19(10(2)9-18)14(15(20)21)13-11(16)5-4-6-12(13)17/h4-6,10,14H,3,7-9H2,1-2H3,(H,20,21). The van der Waals surface area contributed by atoms with E-state index in [1.54, 1.807) is 0 Å². The molecule has 1 N–H and O–H groups in total. The van der Waals surface area contributed by atoms with E-state index in [4.69, 9.17) is 11.6 Å². The predicted octanol–water partition coefficient (Wildman–Crippen LogP) is 2.63. The van der Waals surface area contributed by atoms with Crippen LogP contribution in [0, 0.1) is 5.82 Å². The van der Waals surface area contributed by atoms with E-state index in [9.17, 15) is 14.3 Å². The zero-order valence-corrected chi connectivity index (χ0v) is 13.0. The largest absolute Gasteiger partial charge is 0.480 e. The Morgan fingerprint density at radius 2 is 2.24 bits per heavy atom. The van der Waals surface area contributed by atoms with Crippen LogP contribution in [-0.2, 0) is 4.79 Å². The molecule has 6 heteroatoms. The van der Waals surface area contributed by atoms with E-state index >= 15 is 0 Å². The summed E-state index contributed by atoms with van der Waals surface area (Å²) >= 11 is 6.05. The van der Waals surface area contributed by atoms with Gasteiger partial charge in [-0.1, -0.05) is 24.6 Å². The van der Waals surface area contributed by atoms with Crippen LogP contribution in [0.5, 0.6) is 0 Å². The van der Waals surface area contributed by atoms with Crippen molar-refractivity contribution in [1.82, 2.24) is 9.80 Å². The zero-order chi connectivity index (χ0) is 15.6. The molecule has 0 spiro atoms. The van der Waals surface area contributed by atoms with Gasteiger partial charge in [-0.05, 0) is 25.6 Å². The molecule has 2 unspecified atom stereocenters. The summed E-state index contributed by atoms with van der Waals surface area (Å²) in [4.78, 5) is 15.8. The number of halogens is 2. The molecule has 1 fully saturated rings. The Morgan fingerprint density at radius 1 is 1.52 bits per heavy atom. The van der Waals surface area contributed by atoms with Crippen LogP contribution in [0.25, 0.3) is 0 Å². The lowest BCUT2D eigenvalue weighted by molar-refractivity contribution is -0.146. The number of hydrogen-bond acceptors (Lipinski definition) is 3. The predicted molar refractivity (Wildman–Crippen MR) is 80.1 cm³/mol. The van der Waals surface area contributed by atoms with Crippen molar-refractivity contribution >= 4 is 17.6 Å². The van der Waals surface area contributed by atoms with Crippen molar-refractivity contribution in [3.8, 4) is 0 Å². The molecule has 2 atom stereocenters. The minimum Gasteiger partial charge on any atom is -0.480 e. The van der Waals surface area contributed by atoms with Gasteiger partial charge in [-0.25, -0.2) is 4.39 Å². The first-order valence-electron chi connectivity index (χ1n) is 7.10. The van der Waals surface area contributed by atoms with Gasteiger partial charge in [0.05, 0.1) is 0 Å². The minimum atomic E-state index is -1.07. The van der Waals surface area contributed by atoms with Gasteiger partial charge < -0.3 is 10.0 Å². The summed E-state index contributed by atoms with van der Waals surface area (Å²) in [5.74, 6) is -1.64. The molecular weight excluding hydrogens is 295 g/mol. The first-order chi connectivity index (χ1) is 9.95. The van der Waals surface area contributed by atoms with Crippen molar-refractivity contribution in [2.75, 3.05) is 26.2 Å². The number of rotatable bonds is 4. The van der Waals surface area contributed by atoms with Crippen molar-refractivity contribution in [1.29, 1.82) is 0 Å². The SMILES string of the molecule is CCN1CCN(C(C(=O)O)c2c(F)cccc2Cl)C(C)C1. The number of carboxylic acid groups (broad SMARTS) is 1. The number of hydrogen-bond donors (Lipinski definition) is 1. The molecule has 2 rings (SSSR count). The Kier molecular flexibility index (Phi) is 5.19. The van der Waals surface area contributed by atoms with Crippen molar-refractivity contribution in [3.63, 3.8) is 0 Å². The van der Waals surface area contributed by atoms with Crippen LogP contribution < -0.4 is 0 Å². The number of aliphatic carboxylic acids is 1. The van der Waals surface area contributed by atoms with Gasteiger partial charge in [-0.2, -0.15) is 0 Å². The molecule has 0 aromatic heterocycles. The summed E-state index contributed by atoms with van der Waals surface area (Å²) in [7, 11) is 0. The van der Waals surface area contributed by atoms with E-state index in [1.165, 1.54) is 18.2 Å². The minimum absolute atomic E-state index is 0.0236. The summed E-state index contributed by atoms with van der Waals surface area (Å²) in [6.07, 6.45) is 0. The fourth-order valence-electron chi connectivity index (χ4n) is 2.92. The molecule has 0 saturated carbocycles. The Hall–Kier alpha value is -1.17. The van der Waals surface area contributed by atoms with Gasteiger partial charge in [-0.3, -0.25) is 9.69 Å². The first-order valence-corrected chi connectivity index (χ1v) is 7.48. The lowest BCUT2D eigenvalue weighted by Crippen LogP contribution is -2.54. The van der Waals surface area contributed by atoms with E-state index in [0.717, 1.165) is 19.6 Å². The second-order valence-corrected chi connectivity index (χ2v) is 5.76. The van der Waals surface area contributed by atoms with Crippen molar-refractivity contribution in [2.24, 2.45) is 0 Å². The molecule has 1 aromatic carbocycles. The van der Waals surface area contributed by atoms with E-state index in [2.05, 4.69) is 11.8 Å². The Labute approximate surface area is 129 Å². The van der Waals surface area contributed by atoms with Crippen LogP contribution >= 0.6 is 11.6 Å². The Balaban J connectivity index is 2.34. The Bertz CT molecular complexity index is 506. The zero-order valence-electron chi connectivity index (χ0n) is 12.2. The fraction of sp³-hybridized carbons (Fsp3) is 0.533. The maximum Gasteiger partial charge on any atom is 0.325 e. The van der Waals surface area contributed by atoms with Crippen molar-refractivity contribution in [3.05, 3.63) is 34.6 Å². The second kappa shape index (κ2) is 6.73. The smallest absolute Gasteiger partial charge is 0.325 e. The lowest BCUT2D eigenvalue weighted by atomic mass is 10.0. The van der Waals surface area contributed by atoms with E-state index in [0.29, 0.717) is 6.54 Å². The average Bonchev–Trinajstić information content (AvgIpc) is 2.43. The highest BCUT2D eigenvalue weighted by atomic mass is 35.5. The van der Waals surface area contributed by atoms with Gasteiger partial charge in [-0.15, -0.1) is 0 Å². The van der Waals surface area contributed by atoms with Gasteiger partial charge >= 0.3 is 5.97 Å². The number of nitrogens with zero attached hydrogens (tertiary/aromatic N) is 2. The van der Waals surface area contributed by atoms with E-state index < -0.39 is 17.8 Å². The van der Waals surface area contributed by atoms with E-state index in [1.807, 2.05) is 11.8 Å². The highest BCUT2D eigenvalue weighted by molar-refractivity contribution is 6.31. The molecule has 1 aromatic rings. The highest BCUT2D eigenvalue weighted by Crippen LogP contribution is 2.32. The molecule has 1 saturated heterocycles. The molecular formula is C15H20ClFN2O2. The summed E-state index contributed by atoms with van der Waals surface area (Å²) in [6, 6.07) is 3.24. The van der Waals surface area contributed by atoms with E-state index in [-0.39, 0.29) is 16.6 Å². The van der Waals surface area contributed by atoms with Gasteiger partial charge in [0, 0.05) is 36.3 Å². The summed E-state index contributed by atoms with van der Waals surface area (Å²) < 4.78 is 14.1. The third-order valence-electron chi connectivity index (χ3n) is 4.05. The van der Waals surface area contributed by atoms with Gasteiger partial charge in [0.25, 0.3) is 0 Å². The van der Waals surface area contributed by atoms with Crippen LogP contribution in [-0.4, -0.2) is 53.1 Å². The highest BCUT2D eigenvalue weighted by Gasteiger charge is 2.36. The van der Waals surface area contributed by atoms with Gasteiger partial charge in [0.1, 0.15) is 11.9 Å². The number of benzene rings is 1. The number of carboxylic acids is 1. The molecule has 116 valence electrons. The van der Waals surface area contributed by atoms with Crippen LogP contribution in [0.2, 0.25) is 5.02 Å². The van der Waals surface area contributed by atoms with Crippen molar-refractivity contribution < 1.29 is 14.3 Å². The molecule has 0 bridgehead atoms. The summed E-state index contributed by atoms with van der Waals surface area (Å²) in [6.45, 7) is 7.09. The molecule has 1 aliphatic rings. The number of piperazine rings is 1. The topological polar surface area (TPSA) is 43.8 Å². The average molecular weight is 315 g/mol. The first kappa shape index (κ1) is 16.2. The Morgan fingerprint density at radius 3 is 2.76 bits per heavy atom. The molecule has 0 radical (unpaired) electrons. The van der Waals surface area contributed by atoms with Crippen LogP contribution in [0.15, 0.2) is 18.2 Å². The summed E-state index contributed by atoms with van der Waals surface area (Å²) in [5.41, 5.74) is 0.0588. The molecule has 1 aliphatic heterocycles. The monoisotopic (exact) mass is 314 g/mol. The van der Waals surface area contributed by atoms with Crippen LogP contribution in [0.3, 0.4) is 0 Å². The van der Waals surface area contributed by atoms with Gasteiger partial charge in [0.15, 0.2) is 0 Å². The normalized spacial score (nSPS) is 22.2. The maximum atomic E-state index is 14.1. The van der Waals surface area contributed by atoms with Crippen LogP contribution in [0.4, 0.5) is 4.39 Å². The number of likely N-dealkylation sites (N-methyl/N-ethyl adjacent to an activating group) is 1. The van der Waals surface area contributed by atoms with Crippen LogP contribution in [0.1, 0.15) is 25.5 Å². The number of carbonyl (C=O) groups is 1. The summed E-state index contributed by atoms with van der Waals surface area (Å²) in [5, 5.41) is 9.75. The van der Waals surface area contributed by atoms with Crippen molar-refractivity contribution in [2.45, 2.75) is 25.9 Å². The molecule has 0 amide bonds. The maximum absolute atomic E-state index is 14.1. The third-order valence-corrected chi connectivity index (χ3v) is 4.38. The lowest BCUT2D eigenvalue weighted by Gasteiger charge is -2.42. The third kappa shape index (κ3) is 3.36. The van der Waals surface area contributed by atoms with Gasteiger partial charge in [0.2, 0.25) is 0 Å². The second-order valence-electron chi connectivity index (χ2n) is 5.36. The molecule has 21 heavy (non-hydrogen) atoms. The molecule has 0 aliphatic carbocycles.